The molecular weight excluding hydrogens is 644 g/mol. The monoisotopic (exact) mass is 686 g/mol. The summed E-state index contributed by atoms with van der Waals surface area (Å²) in [4.78, 5) is 35.8. The number of carboxylic acid groups (broad SMARTS) is 1. The molecule has 258 valence electrons. The van der Waals surface area contributed by atoms with Crippen LogP contribution in [0.3, 0.4) is 0 Å². The molecule has 0 amide bonds. The molecule has 0 spiro atoms. The summed E-state index contributed by atoms with van der Waals surface area (Å²) in [5.74, 6) is -0.0928. The molecule has 12 nitrogen and oxygen atoms in total. The molecule has 4 atom stereocenters. The van der Waals surface area contributed by atoms with Crippen LogP contribution in [0.1, 0.15) is 67.9 Å². The zero-order valence-corrected chi connectivity index (χ0v) is 29.2. The maximum atomic E-state index is 13.6. The Labute approximate surface area is 288 Å². The van der Waals surface area contributed by atoms with E-state index in [2.05, 4.69) is 35.4 Å². The number of carbonyl (C=O) groups excluding carboxylic acids is 1. The van der Waals surface area contributed by atoms with Crippen molar-refractivity contribution < 1.29 is 27.8 Å². The molecule has 1 aliphatic heterocycles. The Morgan fingerprint density at radius 3 is 2.59 bits per heavy atom. The molecule has 3 N–H and O–H groups in total. The zero-order chi connectivity index (χ0) is 35.0. The molecule has 49 heavy (non-hydrogen) atoms. The summed E-state index contributed by atoms with van der Waals surface area (Å²) >= 11 is -1.99. The van der Waals surface area contributed by atoms with Gasteiger partial charge in [0.15, 0.2) is 11.5 Å². The van der Waals surface area contributed by atoms with E-state index in [-0.39, 0.29) is 34.8 Å². The first-order valence-corrected chi connectivity index (χ1v) is 17.7. The summed E-state index contributed by atoms with van der Waals surface area (Å²) in [6.07, 6.45) is 4.50. The van der Waals surface area contributed by atoms with Crippen molar-refractivity contribution in [2.45, 2.75) is 66.4 Å². The number of aliphatic carboxylic acids is 1. The van der Waals surface area contributed by atoms with Crippen molar-refractivity contribution in [1.29, 1.82) is 0 Å². The fourth-order valence-corrected chi connectivity index (χ4v) is 8.10. The van der Waals surface area contributed by atoms with Crippen LogP contribution in [-0.4, -0.2) is 55.0 Å². The van der Waals surface area contributed by atoms with E-state index in [1.807, 2.05) is 49.1 Å². The van der Waals surface area contributed by atoms with Crippen molar-refractivity contribution in [2.75, 3.05) is 22.7 Å². The Hall–Kier alpha value is -4.83. The largest absolute Gasteiger partial charge is 0.481 e. The molecule has 0 radical (unpaired) electrons. The highest BCUT2D eigenvalue weighted by Gasteiger charge is 2.36. The highest BCUT2D eigenvalue weighted by Crippen LogP contribution is 2.38. The van der Waals surface area contributed by atoms with Gasteiger partial charge in [0.25, 0.3) is 0 Å². The molecule has 1 aliphatic carbocycles. The van der Waals surface area contributed by atoms with Gasteiger partial charge in [0.05, 0.1) is 23.9 Å². The van der Waals surface area contributed by atoms with Crippen LogP contribution in [-0.2, 0) is 20.8 Å². The molecule has 6 rings (SSSR count). The maximum Gasteiger partial charge on any atom is 0.331 e. The molecule has 2 aromatic carbocycles. The third-order valence-electron chi connectivity index (χ3n) is 9.72. The number of carboxylic acids is 1. The number of benzene rings is 2. The number of aromatic amines is 1. The van der Waals surface area contributed by atoms with E-state index < -0.39 is 29.1 Å². The van der Waals surface area contributed by atoms with Crippen LogP contribution in [0.15, 0.2) is 42.6 Å². The second-order valence-corrected chi connectivity index (χ2v) is 14.6. The summed E-state index contributed by atoms with van der Waals surface area (Å²) in [5.41, 5.74) is 4.07. The first-order chi connectivity index (χ1) is 23.4. The summed E-state index contributed by atoms with van der Waals surface area (Å²) in [5, 5.41) is 12.9. The van der Waals surface area contributed by atoms with Gasteiger partial charge in [-0.25, -0.2) is 14.6 Å². The molecule has 1 saturated heterocycles. The molecule has 0 bridgehead atoms. The Morgan fingerprint density at radius 1 is 1.12 bits per heavy atom. The number of rotatable bonds is 9. The summed E-state index contributed by atoms with van der Waals surface area (Å²) in [6.45, 7) is 18.9. The van der Waals surface area contributed by atoms with Gasteiger partial charge < -0.3 is 18.9 Å². The molecule has 2 fully saturated rings. The number of aryl methyl sites for hydroxylation is 2. The summed E-state index contributed by atoms with van der Waals surface area (Å²) in [6, 6.07) is 11.1. The Morgan fingerprint density at radius 2 is 1.88 bits per heavy atom. The van der Waals surface area contributed by atoms with E-state index in [0.717, 1.165) is 24.0 Å². The minimum absolute atomic E-state index is 0.113. The lowest BCUT2D eigenvalue weighted by molar-refractivity contribution is -0.141. The molecule has 1 saturated carbocycles. The van der Waals surface area contributed by atoms with Gasteiger partial charge in [-0.15, -0.1) is 0 Å². The normalized spacial score (nSPS) is 23.1. The Kier molecular flexibility index (Phi) is 9.70. The molecule has 3 heterocycles. The van der Waals surface area contributed by atoms with Crippen LogP contribution in [0.4, 0.5) is 17.1 Å². The van der Waals surface area contributed by atoms with Gasteiger partial charge in [0, 0.05) is 24.8 Å². The number of ether oxygens (including phenoxy) is 1. The van der Waals surface area contributed by atoms with E-state index in [0.29, 0.717) is 60.4 Å². The average molecular weight is 687 g/mol. The molecule has 4 unspecified atom stereocenters. The maximum absolute atomic E-state index is 13.6. The fourth-order valence-electron chi connectivity index (χ4n) is 7.37. The van der Waals surface area contributed by atoms with Gasteiger partial charge in [-0.1, -0.05) is 32.9 Å². The van der Waals surface area contributed by atoms with Gasteiger partial charge in [0.2, 0.25) is 5.69 Å². The third-order valence-corrected chi connectivity index (χ3v) is 10.4. The SMILES string of the molecule is [C-]#[N+]c1cn2[nH]c(-c3ccc(N4CCCC(C(=O)O)C4)c(NS(=O)Oc4cc(C)ccc4C)c3)nc2c1C(=O)OC1C(C)CC(C)CC1C. The first kappa shape index (κ1) is 34.0. The van der Waals surface area contributed by atoms with Crippen LogP contribution in [0, 0.1) is 44.1 Å². The number of aromatic nitrogens is 3. The van der Waals surface area contributed by atoms with Crippen LogP contribution in [0.25, 0.3) is 21.9 Å². The molecular formula is C36H42N6O6S. The predicted octanol–water partition coefficient (Wildman–Crippen LogP) is 7.10. The van der Waals surface area contributed by atoms with E-state index in [4.69, 9.17) is 20.5 Å². The van der Waals surface area contributed by atoms with Gasteiger partial charge in [-0.3, -0.25) is 19.1 Å². The number of nitrogens with one attached hydrogen (secondary N) is 2. The highest BCUT2D eigenvalue weighted by molar-refractivity contribution is 7.82. The van der Waals surface area contributed by atoms with Crippen molar-refractivity contribution in [2.24, 2.45) is 23.7 Å². The van der Waals surface area contributed by atoms with E-state index >= 15 is 0 Å². The molecule has 13 heteroatoms. The first-order valence-electron chi connectivity index (χ1n) is 16.7. The second kappa shape index (κ2) is 14.0. The lowest BCUT2D eigenvalue weighted by Gasteiger charge is -2.37. The minimum Gasteiger partial charge on any atom is -0.481 e. The van der Waals surface area contributed by atoms with Gasteiger partial charge in [-0.2, -0.15) is 4.21 Å². The third kappa shape index (κ3) is 7.15. The van der Waals surface area contributed by atoms with E-state index in [1.165, 1.54) is 6.20 Å². The van der Waals surface area contributed by atoms with E-state index in [1.54, 1.807) is 10.6 Å². The van der Waals surface area contributed by atoms with Crippen molar-refractivity contribution in [1.82, 2.24) is 14.6 Å². The average Bonchev–Trinajstić information content (AvgIpc) is 3.62. The van der Waals surface area contributed by atoms with Crippen LogP contribution in [0.5, 0.6) is 5.75 Å². The Bertz CT molecular complexity index is 1950. The number of hydrogen-bond acceptors (Lipinski definition) is 7. The van der Waals surface area contributed by atoms with Crippen LogP contribution < -0.4 is 13.8 Å². The summed E-state index contributed by atoms with van der Waals surface area (Å²) < 4.78 is 29.8. The molecule has 2 aromatic heterocycles. The van der Waals surface area contributed by atoms with Crippen molar-refractivity contribution >= 4 is 45.9 Å². The lowest BCUT2D eigenvalue weighted by atomic mass is 9.75. The number of esters is 1. The number of fused-ring (bicyclic) bond motifs is 1. The predicted molar refractivity (Wildman–Crippen MR) is 188 cm³/mol. The van der Waals surface area contributed by atoms with Gasteiger partial charge >= 0.3 is 23.2 Å². The highest BCUT2D eigenvalue weighted by atomic mass is 32.2. The van der Waals surface area contributed by atoms with Crippen molar-refractivity contribution in [3.63, 3.8) is 0 Å². The Balaban J connectivity index is 1.33. The number of nitrogens with zero attached hydrogens (tertiary/aromatic N) is 4. The van der Waals surface area contributed by atoms with E-state index in [9.17, 15) is 18.9 Å². The smallest absolute Gasteiger partial charge is 0.331 e. The fraction of sp³-hybridized carbons (Fsp3) is 0.444. The topological polar surface area (TPSA) is 143 Å². The second-order valence-electron chi connectivity index (χ2n) is 13.7. The quantitative estimate of drug-likeness (QED) is 0.125. The van der Waals surface area contributed by atoms with Crippen molar-refractivity contribution in [3.8, 4) is 17.1 Å². The zero-order valence-electron chi connectivity index (χ0n) is 28.4. The number of anilines is 2. The van der Waals surface area contributed by atoms with Crippen molar-refractivity contribution in [3.05, 3.63) is 70.7 Å². The minimum atomic E-state index is -1.99. The number of piperidine rings is 1. The molecule has 4 aromatic rings. The number of hydrogen-bond donors (Lipinski definition) is 3. The van der Waals surface area contributed by atoms with Gasteiger partial charge in [0.1, 0.15) is 17.4 Å². The number of H-pyrrole nitrogens is 1. The van der Waals surface area contributed by atoms with Crippen LogP contribution >= 0.6 is 0 Å². The van der Waals surface area contributed by atoms with Crippen LogP contribution in [0.2, 0.25) is 0 Å². The van der Waals surface area contributed by atoms with Gasteiger partial charge in [-0.05, 0) is 92.7 Å². The summed E-state index contributed by atoms with van der Waals surface area (Å²) in [7, 11) is 0. The molecule has 2 aliphatic rings. The number of carbonyl (C=O) groups is 2. The lowest BCUT2D eigenvalue weighted by Crippen LogP contribution is -2.39. The standard InChI is InChI=1S/C36H42N6O6S/c1-20-9-10-22(3)30(16-20)48-49(46)40-27-17-25(11-12-29(27)41-13-7-8-26(18-41)35(43)44)33-38-34-31(28(37-6)19-42(34)39-33)36(45)47-32-23(4)14-21(2)15-24(32)5/h9-12,16-17,19,21,23-24,26,32,40H,7-8,13-15,18H2,1-5H3,(H,38,39)(H,43,44).